The van der Waals surface area contributed by atoms with Gasteiger partial charge in [-0.25, -0.2) is 4.98 Å². The smallest absolute Gasteiger partial charge is 0.509 e. The van der Waals surface area contributed by atoms with E-state index in [0.29, 0.717) is 17.4 Å². The van der Waals surface area contributed by atoms with Crippen molar-refractivity contribution in [2.75, 3.05) is 0 Å². The van der Waals surface area contributed by atoms with E-state index >= 15 is 0 Å². The molecule has 0 aliphatic heterocycles. The molecular weight excluding hydrogens is 784 g/mol. The Hall–Kier alpha value is -4.47. The fourth-order valence-electron chi connectivity index (χ4n) is 6.97. The molecule has 0 N–H and O–H groups in total. The van der Waals surface area contributed by atoms with Gasteiger partial charge in [0.05, 0.1) is 5.69 Å². The molecule has 0 bridgehead atoms. The second-order valence-electron chi connectivity index (χ2n) is 13.7. The second-order valence-corrected chi connectivity index (χ2v) is 13.7. The maximum atomic E-state index is 6.62. The number of rotatable bonds is 8. The maximum absolute atomic E-state index is 6.62. The zero-order chi connectivity index (χ0) is 33.7. The zero-order valence-corrected chi connectivity index (χ0v) is 31.7. The van der Waals surface area contributed by atoms with Crippen molar-refractivity contribution in [2.45, 2.75) is 67.7 Å². The van der Waals surface area contributed by atoms with Crippen LogP contribution in [0.2, 0.25) is 0 Å². The van der Waals surface area contributed by atoms with E-state index in [1.165, 1.54) is 27.8 Å². The van der Waals surface area contributed by atoms with Crippen LogP contribution in [0.25, 0.3) is 44.4 Å². The predicted molar refractivity (Wildman–Crippen MR) is 197 cm³/mol. The Bertz CT molecular complexity index is 2290. The Morgan fingerprint density at radius 2 is 1.51 bits per heavy atom. The largest absolute Gasteiger partial charge is 2.00 e. The molecule has 0 aliphatic rings. The first-order chi connectivity index (χ1) is 23.1. The molecule has 250 valence electrons. The number of hydrogen-bond donors (Lipinski definition) is 0. The summed E-state index contributed by atoms with van der Waals surface area (Å²) < 4.78 is 10.8. The summed E-state index contributed by atoms with van der Waals surface area (Å²) in [6, 6.07) is 34.8. The van der Waals surface area contributed by atoms with E-state index in [-0.39, 0.29) is 27.0 Å². The third-order valence-corrected chi connectivity index (χ3v) is 9.23. The van der Waals surface area contributed by atoms with Gasteiger partial charge < -0.3 is 9.30 Å². The molecule has 7 aromatic rings. The summed E-state index contributed by atoms with van der Waals surface area (Å²) in [6.07, 6.45) is 2.91. The zero-order valence-electron chi connectivity index (χ0n) is 29.5. The van der Waals surface area contributed by atoms with Crippen molar-refractivity contribution in [3.8, 4) is 34.1 Å². The molecule has 6 heteroatoms. The minimum Gasteiger partial charge on any atom is -0.509 e. The van der Waals surface area contributed by atoms with E-state index in [1.807, 2.05) is 16.9 Å². The van der Waals surface area contributed by atoms with Gasteiger partial charge in [-0.2, -0.15) is 11.2 Å². The van der Waals surface area contributed by atoms with Crippen molar-refractivity contribution in [3.05, 3.63) is 131 Å². The summed E-state index contributed by atoms with van der Waals surface area (Å²) in [5, 5.41) is 7.30. The number of pyridine rings is 1. The van der Waals surface area contributed by atoms with Crippen LogP contribution in [0.5, 0.6) is 11.5 Å². The SMILES string of the molecule is Cc1cccc(C)c1-c1c(C)nn(-c2[c-]c(Oc3[c-]c4c(cc3)c3ccccc3n4-c3cc(CC(C)C)ccn3)cc(C(C)C)c2)c1C.[Pt+2]. The Balaban J connectivity index is 0.00000417. The van der Waals surface area contributed by atoms with Crippen LogP contribution in [0.1, 0.15) is 67.3 Å². The quantitative estimate of drug-likeness (QED) is 0.143. The van der Waals surface area contributed by atoms with Crippen molar-refractivity contribution >= 4 is 21.8 Å². The van der Waals surface area contributed by atoms with Crippen LogP contribution in [0.3, 0.4) is 0 Å². The molecule has 0 saturated heterocycles. The molecule has 49 heavy (non-hydrogen) atoms. The Morgan fingerprint density at radius 1 is 0.755 bits per heavy atom. The number of aryl methyl sites for hydroxylation is 3. The van der Waals surface area contributed by atoms with Gasteiger partial charge in [-0.3, -0.25) is 4.68 Å². The normalized spacial score (nSPS) is 11.6. The molecule has 0 fully saturated rings. The first-order valence-corrected chi connectivity index (χ1v) is 16.9. The van der Waals surface area contributed by atoms with Crippen LogP contribution in [0.4, 0.5) is 0 Å². The predicted octanol–water partition coefficient (Wildman–Crippen LogP) is 11.0. The Kier molecular flexibility index (Phi) is 9.69. The molecule has 5 nitrogen and oxygen atoms in total. The van der Waals surface area contributed by atoms with E-state index in [9.17, 15) is 0 Å². The van der Waals surface area contributed by atoms with E-state index in [0.717, 1.165) is 56.7 Å². The molecule has 0 radical (unpaired) electrons. The van der Waals surface area contributed by atoms with Crippen LogP contribution in [-0.4, -0.2) is 19.3 Å². The van der Waals surface area contributed by atoms with E-state index < -0.39 is 0 Å². The molecule has 0 atom stereocenters. The topological polar surface area (TPSA) is 44.9 Å². The second kappa shape index (κ2) is 13.8. The summed E-state index contributed by atoms with van der Waals surface area (Å²) in [4.78, 5) is 4.82. The third-order valence-electron chi connectivity index (χ3n) is 9.23. The van der Waals surface area contributed by atoms with Gasteiger partial charge in [0.15, 0.2) is 0 Å². The van der Waals surface area contributed by atoms with Crippen LogP contribution < -0.4 is 4.74 Å². The van der Waals surface area contributed by atoms with Gasteiger partial charge >= 0.3 is 21.1 Å². The van der Waals surface area contributed by atoms with Crippen LogP contribution in [0, 0.1) is 45.7 Å². The molecule has 4 aromatic carbocycles. The van der Waals surface area contributed by atoms with Crippen molar-refractivity contribution in [1.29, 1.82) is 0 Å². The van der Waals surface area contributed by atoms with Crippen LogP contribution in [0.15, 0.2) is 85.1 Å². The van der Waals surface area contributed by atoms with Gasteiger partial charge in [-0.15, -0.1) is 41.3 Å². The van der Waals surface area contributed by atoms with Crippen LogP contribution in [-0.2, 0) is 27.5 Å². The third kappa shape index (κ3) is 6.49. The van der Waals surface area contributed by atoms with Gasteiger partial charge in [-0.05, 0) is 97.5 Å². The number of benzene rings is 4. The average molecular weight is 826 g/mol. The number of fused-ring (bicyclic) bond motifs is 3. The van der Waals surface area contributed by atoms with E-state index in [1.54, 1.807) is 0 Å². The molecule has 0 unspecified atom stereocenters. The van der Waals surface area contributed by atoms with Gasteiger partial charge in [-0.1, -0.05) is 69.6 Å². The standard InChI is InChI=1S/C43H42N4O.Pt/c1-26(2)20-32-18-19-44-41(21-32)46-39-15-10-9-14-37(39)38-17-16-35(25-40(38)46)48-36-23-33(27(3)4)22-34(24-36)47-31(8)43(30(7)45-47)42-28(5)12-11-13-29(42)6;/h9-19,21-23,26-27H,20H2,1-8H3;/q-2;+2. The first kappa shape index (κ1) is 34.4. The van der Waals surface area contributed by atoms with Gasteiger partial charge in [0.25, 0.3) is 0 Å². The summed E-state index contributed by atoms with van der Waals surface area (Å²) >= 11 is 0. The fraction of sp³-hybridized carbons (Fsp3) is 0.256. The molecule has 0 aliphatic carbocycles. The van der Waals surface area contributed by atoms with Crippen molar-refractivity contribution in [1.82, 2.24) is 19.3 Å². The molecule has 7 rings (SSSR count). The minimum atomic E-state index is 0. The Labute approximate surface area is 304 Å². The molecule has 3 aromatic heterocycles. The molecule has 3 heterocycles. The van der Waals surface area contributed by atoms with Crippen molar-refractivity contribution in [2.24, 2.45) is 5.92 Å². The fourth-order valence-corrected chi connectivity index (χ4v) is 6.97. The molecule has 0 amide bonds. The van der Waals surface area contributed by atoms with Gasteiger partial charge in [0, 0.05) is 34.5 Å². The number of nitrogens with zero attached hydrogens (tertiary/aromatic N) is 4. The minimum absolute atomic E-state index is 0. The van der Waals surface area contributed by atoms with Gasteiger partial charge in [0.2, 0.25) is 0 Å². The summed E-state index contributed by atoms with van der Waals surface area (Å²) in [5.74, 6) is 2.98. The first-order valence-electron chi connectivity index (χ1n) is 16.9. The number of aromatic nitrogens is 4. The maximum Gasteiger partial charge on any atom is 2.00 e. The summed E-state index contributed by atoms with van der Waals surface area (Å²) in [6.45, 7) is 17.4. The number of ether oxygens (including phenoxy) is 1. The van der Waals surface area contributed by atoms with E-state index in [4.69, 9.17) is 14.8 Å². The summed E-state index contributed by atoms with van der Waals surface area (Å²) in [5.41, 5.74) is 12.3. The molecular formula is C43H42N4OPt. The van der Waals surface area contributed by atoms with Crippen molar-refractivity contribution in [3.63, 3.8) is 0 Å². The molecule has 0 spiro atoms. The average Bonchev–Trinajstić information content (AvgIpc) is 3.53. The van der Waals surface area contributed by atoms with Crippen LogP contribution >= 0.6 is 0 Å². The Morgan fingerprint density at radius 3 is 2.24 bits per heavy atom. The number of para-hydroxylation sites is 1. The summed E-state index contributed by atoms with van der Waals surface area (Å²) in [7, 11) is 0. The van der Waals surface area contributed by atoms with Crippen molar-refractivity contribution < 1.29 is 25.8 Å². The monoisotopic (exact) mass is 825 g/mol. The van der Waals surface area contributed by atoms with Gasteiger partial charge in [0.1, 0.15) is 5.82 Å². The number of hydrogen-bond acceptors (Lipinski definition) is 3. The van der Waals surface area contributed by atoms with E-state index in [2.05, 4.69) is 145 Å². The molecule has 0 saturated carbocycles.